The molecule has 1 aromatic heterocycles. The van der Waals surface area contributed by atoms with Gasteiger partial charge in [0.2, 0.25) is 15.6 Å². The van der Waals surface area contributed by atoms with E-state index in [-0.39, 0.29) is 23.3 Å². The van der Waals surface area contributed by atoms with Gasteiger partial charge in [-0.15, -0.1) is 0 Å². The van der Waals surface area contributed by atoms with Gasteiger partial charge in [0.15, 0.2) is 6.10 Å². The minimum atomic E-state index is -4.13. The van der Waals surface area contributed by atoms with Crippen LogP contribution >= 0.6 is 0 Å². The van der Waals surface area contributed by atoms with E-state index < -0.39 is 67.5 Å². The molecule has 3 N–H and O–H groups in total. The lowest BCUT2D eigenvalue weighted by Crippen LogP contribution is -2.81. The molecule has 1 saturated carbocycles. The first kappa shape index (κ1) is 51.1. The van der Waals surface area contributed by atoms with Crippen LogP contribution in [0.3, 0.4) is 0 Å². The van der Waals surface area contributed by atoms with E-state index in [9.17, 15) is 14.7 Å². The van der Waals surface area contributed by atoms with Crippen molar-refractivity contribution in [3.63, 3.8) is 0 Å². The van der Waals surface area contributed by atoms with Crippen molar-refractivity contribution in [3.05, 3.63) is 107 Å². The maximum Gasteiger partial charge on any atom is 0.344 e. The van der Waals surface area contributed by atoms with Gasteiger partial charge in [0.05, 0.1) is 32.3 Å². The fourth-order valence-corrected chi connectivity index (χ4v) is 17.6. The molecule has 3 fully saturated rings. The number of aromatic nitrogens is 1. The molecule has 11 rings (SSSR count). The quantitative estimate of drug-likeness (QED) is 0.0773. The van der Waals surface area contributed by atoms with E-state index in [2.05, 4.69) is 31.6 Å². The van der Waals surface area contributed by atoms with Crippen molar-refractivity contribution >= 4 is 61.0 Å². The van der Waals surface area contributed by atoms with E-state index in [1.165, 1.54) is 21.1 Å². The van der Waals surface area contributed by atoms with Crippen LogP contribution in [0.15, 0.2) is 89.8 Å². The number of aliphatic hydroxyl groups is 1. The maximum atomic E-state index is 15.9. The van der Waals surface area contributed by atoms with Crippen molar-refractivity contribution in [1.29, 1.82) is 0 Å². The number of benzene rings is 4. The Kier molecular flexibility index (Phi) is 12.3. The molecule has 17 heteroatoms. The molecule has 6 heterocycles. The number of esters is 3. The summed E-state index contributed by atoms with van der Waals surface area (Å²) < 4.78 is 57.8. The van der Waals surface area contributed by atoms with Crippen molar-refractivity contribution in [1.82, 2.24) is 19.5 Å². The molecule has 6 aliphatic rings. The zero-order valence-corrected chi connectivity index (χ0v) is 45.3. The third kappa shape index (κ3) is 7.12. The molecule has 1 aliphatic carbocycles. The summed E-state index contributed by atoms with van der Waals surface area (Å²) in [6, 6.07) is 21.9. The Morgan fingerprint density at radius 3 is 2.32 bits per heavy atom. The minimum absolute atomic E-state index is 0.206. The molecule has 0 radical (unpaired) electrons. The molecule has 5 aliphatic heterocycles. The summed E-state index contributed by atoms with van der Waals surface area (Å²) in [5, 5.41) is 16.0. The zero-order chi connectivity index (χ0) is 53.2. The predicted molar refractivity (Wildman–Crippen MR) is 287 cm³/mol. The number of fused-ring (bicyclic) bond motifs is 7. The van der Waals surface area contributed by atoms with Crippen LogP contribution in [0.5, 0.6) is 5.75 Å². The highest BCUT2D eigenvalue weighted by molar-refractivity contribution is 7.89. The van der Waals surface area contributed by atoms with E-state index >= 15 is 13.2 Å². The van der Waals surface area contributed by atoms with Crippen molar-refractivity contribution in [2.75, 3.05) is 85.0 Å². The molecular formula is C58H70N6O10S. The number of ether oxygens (including phenoxy) is 4. The summed E-state index contributed by atoms with van der Waals surface area (Å²) in [4.78, 5) is 56.4. The second kappa shape index (κ2) is 18.1. The molecule has 0 amide bonds. The number of carbonyl (C=O) groups is 3. The average molecular weight is 1040 g/mol. The number of likely N-dealkylation sites (N-methyl/N-ethyl adjacent to an activating group) is 1. The smallest absolute Gasteiger partial charge is 0.344 e. The van der Waals surface area contributed by atoms with Crippen LogP contribution in [0.25, 0.3) is 21.7 Å². The van der Waals surface area contributed by atoms with Gasteiger partial charge in [-0.3, -0.25) is 14.5 Å². The van der Waals surface area contributed by atoms with Gasteiger partial charge >= 0.3 is 17.9 Å². The lowest BCUT2D eigenvalue weighted by atomic mass is 9.47. The van der Waals surface area contributed by atoms with Crippen LogP contribution in [0.1, 0.15) is 75.3 Å². The number of hydrogen-bond donors (Lipinski definition) is 3. The van der Waals surface area contributed by atoms with Gasteiger partial charge in [-0.1, -0.05) is 68.5 Å². The van der Waals surface area contributed by atoms with Crippen LogP contribution in [-0.2, 0) is 55.9 Å². The largest absolute Gasteiger partial charge is 0.496 e. The first-order valence-corrected chi connectivity index (χ1v) is 27.8. The first-order chi connectivity index (χ1) is 35.8. The van der Waals surface area contributed by atoms with Gasteiger partial charge in [0, 0.05) is 127 Å². The highest BCUT2D eigenvalue weighted by Gasteiger charge is 2.80. The van der Waals surface area contributed by atoms with Gasteiger partial charge in [0.1, 0.15) is 11.2 Å². The third-order valence-electron chi connectivity index (χ3n) is 18.6. The van der Waals surface area contributed by atoms with Crippen LogP contribution in [-0.4, -0.2) is 151 Å². The van der Waals surface area contributed by atoms with E-state index in [4.69, 9.17) is 18.9 Å². The molecule has 4 aromatic carbocycles. The Morgan fingerprint density at radius 1 is 0.880 bits per heavy atom. The maximum absolute atomic E-state index is 15.9. The molecule has 2 saturated heterocycles. The Hall–Kier alpha value is -5.98. The van der Waals surface area contributed by atoms with Crippen molar-refractivity contribution in [2.45, 2.75) is 104 Å². The average Bonchev–Trinajstić information content (AvgIpc) is 4.25. The number of aromatic amines is 1. The number of nitrogens with zero attached hydrogens (tertiary/aromatic N) is 4. The van der Waals surface area contributed by atoms with Gasteiger partial charge in [-0.25, -0.2) is 17.9 Å². The SMILES string of the molecule is CC[C@]1(NS(=O)(=O)c2cccc3c(N(C)C)cccc23)C[C@H]2CN(CCc3c([nH]c4ccccc34)[C@@](C(=O)OC)(c3cc4c(cc3OC)N(C)[C@H]3[C@@](O)(C(=O)OC)[C@H](OC(C)=O)[C@]5(CC)C=CCN6CC[C@]43[C@@H]65)C2)C1. The summed E-state index contributed by atoms with van der Waals surface area (Å²) in [6.07, 6.45) is 5.33. The van der Waals surface area contributed by atoms with Gasteiger partial charge in [-0.2, -0.15) is 0 Å². The fraction of sp³-hybridized carbons (Fsp3) is 0.500. The van der Waals surface area contributed by atoms with Crippen LogP contribution in [0.4, 0.5) is 11.4 Å². The Balaban J connectivity index is 1.12. The van der Waals surface area contributed by atoms with Crippen molar-refractivity contribution in [3.8, 4) is 5.75 Å². The number of piperidine rings is 1. The standard InChI is InChI=1S/C58H70N6O10S/c1-10-54(60-75(69,70)47-22-15-18-38-39(47)19-14-21-44(38)61(4)5)31-36-32-57(52(66)72-8,48-40(23-27-63(33-36)34-54)37-17-12-13-20-43(37)59-48)42-29-41-45(30-46(42)71-7)62(6)50-56(41)25-28-64-26-16-24-55(11-2,49(56)64)51(74-35(3)65)58(50,68)53(67)73-9/h12-22,24,29-30,36,49-51,59-60,68H,10-11,23,25-28,31-34H2,1-9H3/t36-,49+,50-,51-,54+,55-,56-,57+,58+/m1/s1. The molecule has 5 aromatic rings. The number of H-pyrrole nitrogens is 1. The van der Waals surface area contributed by atoms with E-state index in [0.717, 1.165) is 33.1 Å². The van der Waals surface area contributed by atoms with Crippen LogP contribution in [0, 0.1) is 11.3 Å². The number of para-hydroxylation sites is 1. The van der Waals surface area contributed by atoms with Gasteiger partial charge in [-0.05, 0) is 86.4 Å². The summed E-state index contributed by atoms with van der Waals surface area (Å²) in [5.41, 5.74) is -1.44. The number of anilines is 2. The normalized spacial score (nSPS) is 31.8. The highest BCUT2D eigenvalue weighted by atomic mass is 32.2. The summed E-state index contributed by atoms with van der Waals surface area (Å²) in [6.45, 7) is 8.17. The van der Waals surface area contributed by atoms with E-state index in [0.29, 0.717) is 92.9 Å². The second-order valence-corrected chi connectivity index (χ2v) is 24.0. The minimum Gasteiger partial charge on any atom is -0.496 e. The predicted octanol–water partition coefficient (Wildman–Crippen LogP) is 6.20. The van der Waals surface area contributed by atoms with Crippen LogP contribution in [0.2, 0.25) is 0 Å². The summed E-state index contributed by atoms with van der Waals surface area (Å²) in [7, 11) is 5.85. The lowest BCUT2D eigenvalue weighted by Gasteiger charge is -2.63. The molecule has 10 atom stereocenters. The Bertz CT molecular complexity index is 3310. The number of carbonyl (C=O) groups excluding carboxylic acids is 3. The highest BCUT2D eigenvalue weighted by Crippen LogP contribution is 2.68. The van der Waals surface area contributed by atoms with Crippen LogP contribution < -0.4 is 19.3 Å². The molecule has 1 unspecified atom stereocenters. The molecule has 75 heavy (non-hydrogen) atoms. The number of hydrogen-bond acceptors (Lipinski definition) is 14. The van der Waals surface area contributed by atoms with Crippen molar-refractivity contribution in [2.24, 2.45) is 11.3 Å². The fourth-order valence-electron chi connectivity index (χ4n) is 15.9. The van der Waals surface area contributed by atoms with Gasteiger partial charge < -0.3 is 43.7 Å². The van der Waals surface area contributed by atoms with E-state index in [1.54, 1.807) is 19.2 Å². The zero-order valence-electron chi connectivity index (χ0n) is 44.5. The number of methoxy groups -OCH3 is 3. The first-order valence-electron chi connectivity index (χ1n) is 26.3. The second-order valence-electron chi connectivity index (χ2n) is 22.4. The molecule has 16 nitrogen and oxygen atoms in total. The lowest BCUT2D eigenvalue weighted by molar-refractivity contribution is -0.228. The number of nitrogens with one attached hydrogen (secondary N) is 2. The summed E-state index contributed by atoms with van der Waals surface area (Å²) >= 11 is 0. The van der Waals surface area contributed by atoms with E-state index in [1.807, 2.05) is 105 Å². The Morgan fingerprint density at radius 2 is 1.61 bits per heavy atom. The molecule has 2 bridgehead atoms. The molecular weight excluding hydrogens is 973 g/mol. The monoisotopic (exact) mass is 1040 g/mol. The Labute approximate surface area is 439 Å². The molecule has 398 valence electrons. The third-order valence-corrected chi connectivity index (χ3v) is 20.3. The summed E-state index contributed by atoms with van der Waals surface area (Å²) in [5.74, 6) is -1.93. The molecule has 1 spiro atoms. The van der Waals surface area contributed by atoms with Crippen molar-refractivity contribution < 1.29 is 46.9 Å². The topological polar surface area (TPSA) is 183 Å². The van der Waals surface area contributed by atoms with Gasteiger partial charge in [0.25, 0.3) is 0 Å². The number of sulfonamides is 1. The number of rotatable bonds is 11.